The SMILES string of the molecule is CCc1ccc(C2c3c(oc4ccc(C)cc4c3=O)C(=O)N2c2ccc(CC)cc2)cc1. The summed E-state index contributed by atoms with van der Waals surface area (Å²) < 4.78 is 6.05. The van der Waals surface area contributed by atoms with Crippen LogP contribution in [0.25, 0.3) is 11.0 Å². The van der Waals surface area contributed by atoms with Crippen LogP contribution in [-0.4, -0.2) is 5.91 Å². The first-order valence-electron chi connectivity index (χ1n) is 11.1. The molecule has 0 aliphatic carbocycles. The molecule has 4 aromatic rings. The second kappa shape index (κ2) is 7.79. The molecule has 0 N–H and O–H groups in total. The van der Waals surface area contributed by atoms with Crippen LogP contribution in [0.15, 0.2) is 75.9 Å². The molecule has 1 unspecified atom stereocenters. The van der Waals surface area contributed by atoms with E-state index in [0.29, 0.717) is 16.5 Å². The van der Waals surface area contributed by atoms with Gasteiger partial charge in [0.2, 0.25) is 5.76 Å². The maximum Gasteiger partial charge on any atom is 0.295 e. The first-order chi connectivity index (χ1) is 15.5. The Morgan fingerprint density at radius 2 is 1.47 bits per heavy atom. The van der Waals surface area contributed by atoms with Gasteiger partial charge in [0.1, 0.15) is 5.58 Å². The maximum atomic E-state index is 13.7. The molecule has 0 spiro atoms. The Morgan fingerprint density at radius 1 is 0.844 bits per heavy atom. The monoisotopic (exact) mass is 423 g/mol. The van der Waals surface area contributed by atoms with Crippen molar-refractivity contribution in [3.05, 3.63) is 111 Å². The Kier molecular flexibility index (Phi) is 4.93. The minimum Gasteiger partial charge on any atom is -0.450 e. The van der Waals surface area contributed by atoms with Crippen LogP contribution in [0, 0.1) is 6.92 Å². The molecule has 0 radical (unpaired) electrons. The lowest BCUT2D eigenvalue weighted by Crippen LogP contribution is -2.29. The number of hydrogen-bond donors (Lipinski definition) is 0. The molecule has 0 saturated heterocycles. The average Bonchev–Trinajstić information content (AvgIpc) is 3.12. The number of nitrogens with zero attached hydrogens (tertiary/aromatic N) is 1. The second-order valence-electron chi connectivity index (χ2n) is 8.37. The highest BCUT2D eigenvalue weighted by Gasteiger charge is 2.43. The zero-order valence-electron chi connectivity index (χ0n) is 18.5. The van der Waals surface area contributed by atoms with Gasteiger partial charge in [-0.3, -0.25) is 14.5 Å². The molecule has 4 heteroatoms. The zero-order valence-corrected chi connectivity index (χ0v) is 18.5. The summed E-state index contributed by atoms with van der Waals surface area (Å²) >= 11 is 0. The lowest BCUT2D eigenvalue weighted by Gasteiger charge is -2.25. The largest absolute Gasteiger partial charge is 0.450 e. The van der Waals surface area contributed by atoms with E-state index in [1.165, 1.54) is 11.1 Å². The van der Waals surface area contributed by atoms with Crippen molar-refractivity contribution in [2.45, 2.75) is 39.7 Å². The van der Waals surface area contributed by atoms with Crippen LogP contribution in [0.4, 0.5) is 5.69 Å². The Hall–Kier alpha value is -3.66. The molecule has 0 bridgehead atoms. The zero-order chi connectivity index (χ0) is 22.4. The number of rotatable bonds is 4. The summed E-state index contributed by atoms with van der Waals surface area (Å²) in [5.41, 5.74) is 5.74. The van der Waals surface area contributed by atoms with Gasteiger partial charge in [0.15, 0.2) is 5.43 Å². The fraction of sp³-hybridized carbons (Fsp3) is 0.214. The maximum absolute atomic E-state index is 13.7. The van der Waals surface area contributed by atoms with Crippen molar-refractivity contribution >= 4 is 22.6 Å². The molecular weight excluding hydrogens is 398 g/mol. The second-order valence-corrected chi connectivity index (χ2v) is 8.37. The Morgan fingerprint density at radius 3 is 2.09 bits per heavy atom. The normalized spacial score (nSPS) is 15.4. The molecular formula is C28H25NO3. The van der Waals surface area contributed by atoms with E-state index in [-0.39, 0.29) is 17.1 Å². The number of carbonyl (C=O) groups excluding carboxylic acids is 1. The number of hydrogen-bond acceptors (Lipinski definition) is 3. The van der Waals surface area contributed by atoms with Crippen molar-refractivity contribution in [3.63, 3.8) is 0 Å². The summed E-state index contributed by atoms with van der Waals surface area (Å²) in [5, 5.41) is 0.509. The summed E-state index contributed by atoms with van der Waals surface area (Å²) in [6.45, 7) is 6.15. The van der Waals surface area contributed by atoms with Crippen LogP contribution < -0.4 is 10.3 Å². The predicted octanol–water partition coefficient (Wildman–Crippen LogP) is 5.98. The summed E-state index contributed by atoms with van der Waals surface area (Å²) in [5.74, 6) is -0.149. The van der Waals surface area contributed by atoms with Gasteiger partial charge in [-0.2, -0.15) is 0 Å². The first kappa shape index (κ1) is 20.3. The molecule has 0 fully saturated rings. The van der Waals surface area contributed by atoms with E-state index in [1.54, 1.807) is 11.0 Å². The van der Waals surface area contributed by atoms with Crippen LogP contribution in [0.5, 0.6) is 0 Å². The van der Waals surface area contributed by atoms with Gasteiger partial charge >= 0.3 is 0 Å². The van der Waals surface area contributed by atoms with E-state index in [2.05, 4.69) is 26.0 Å². The first-order valence-corrected chi connectivity index (χ1v) is 11.1. The molecule has 1 aliphatic rings. The Balaban J connectivity index is 1.77. The fourth-order valence-corrected chi connectivity index (χ4v) is 4.50. The van der Waals surface area contributed by atoms with Gasteiger partial charge in [-0.05, 0) is 60.7 Å². The number of anilines is 1. The van der Waals surface area contributed by atoms with Gasteiger partial charge in [-0.15, -0.1) is 0 Å². The van der Waals surface area contributed by atoms with E-state index in [0.717, 1.165) is 29.7 Å². The minimum atomic E-state index is -0.531. The number of benzene rings is 3. The van der Waals surface area contributed by atoms with Crippen molar-refractivity contribution in [3.8, 4) is 0 Å². The van der Waals surface area contributed by atoms with Gasteiger partial charge in [-0.1, -0.05) is 61.9 Å². The Bertz CT molecular complexity index is 1380. The predicted molar refractivity (Wildman–Crippen MR) is 128 cm³/mol. The summed E-state index contributed by atoms with van der Waals surface area (Å²) in [4.78, 5) is 29.0. The molecule has 2 heterocycles. The standard InChI is InChI=1S/C28H25NO3/c1-4-18-7-11-20(12-8-18)25-24-26(30)22-16-17(3)6-15-23(22)32-27(24)28(31)29(25)21-13-9-19(5-2)10-14-21/h6-16,25H,4-5H2,1-3H3. The van der Waals surface area contributed by atoms with Crippen LogP contribution in [-0.2, 0) is 12.8 Å². The lowest BCUT2D eigenvalue weighted by molar-refractivity contribution is 0.0971. The highest BCUT2D eigenvalue weighted by molar-refractivity contribution is 6.10. The van der Waals surface area contributed by atoms with Crippen molar-refractivity contribution in [1.82, 2.24) is 0 Å². The third-order valence-electron chi connectivity index (χ3n) is 6.35. The third kappa shape index (κ3) is 3.14. The van der Waals surface area contributed by atoms with Crippen LogP contribution >= 0.6 is 0 Å². The van der Waals surface area contributed by atoms with Crippen LogP contribution in [0.1, 0.15) is 58.3 Å². The van der Waals surface area contributed by atoms with Crippen molar-refractivity contribution in [1.29, 1.82) is 0 Å². The molecule has 1 aliphatic heterocycles. The molecule has 1 atom stereocenters. The van der Waals surface area contributed by atoms with E-state index in [1.807, 2.05) is 55.5 Å². The summed E-state index contributed by atoms with van der Waals surface area (Å²) in [7, 11) is 0. The van der Waals surface area contributed by atoms with E-state index < -0.39 is 6.04 Å². The molecule has 1 amide bonds. The number of fused-ring (bicyclic) bond motifs is 2. The number of amides is 1. The van der Waals surface area contributed by atoms with Gasteiger partial charge in [-0.25, -0.2) is 0 Å². The van der Waals surface area contributed by atoms with Crippen molar-refractivity contribution in [2.24, 2.45) is 0 Å². The number of aryl methyl sites for hydroxylation is 3. The summed E-state index contributed by atoms with van der Waals surface area (Å²) in [6.07, 6.45) is 1.84. The molecule has 160 valence electrons. The molecule has 4 nitrogen and oxygen atoms in total. The van der Waals surface area contributed by atoms with Gasteiger partial charge < -0.3 is 4.42 Å². The smallest absolute Gasteiger partial charge is 0.295 e. The van der Waals surface area contributed by atoms with Crippen LogP contribution in [0.3, 0.4) is 0 Å². The molecule has 5 rings (SSSR count). The van der Waals surface area contributed by atoms with Gasteiger partial charge in [0, 0.05) is 5.69 Å². The molecule has 32 heavy (non-hydrogen) atoms. The topological polar surface area (TPSA) is 50.5 Å². The van der Waals surface area contributed by atoms with E-state index in [9.17, 15) is 9.59 Å². The third-order valence-corrected chi connectivity index (χ3v) is 6.35. The number of carbonyl (C=O) groups is 1. The van der Waals surface area contributed by atoms with Crippen LogP contribution in [0.2, 0.25) is 0 Å². The lowest BCUT2D eigenvalue weighted by atomic mass is 9.96. The highest BCUT2D eigenvalue weighted by Crippen LogP contribution is 2.41. The Labute approximate surface area is 187 Å². The van der Waals surface area contributed by atoms with Gasteiger partial charge in [0.05, 0.1) is 17.0 Å². The van der Waals surface area contributed by atoms with Crippen molar-refractivity contribution in [2.75, 3.05) is 4.90 Å². The van der Waals surface area contributed by atoms with E-state index in [4.69, 9.17) is 4.42 Å². The molecule has 3 aromatic carbocycles. The quantitative estimate of drug-likeness (QED) is 0.406. The molecule has 0 saturated carbocycles. The van der Waals surface area contributed by atoms with Gasteiger partial charge in [0.25, 0.3) is 5.91 Å². The minimum absolute atomic E-state index is 0.135. The van der Waals surface area contributed by atoms with Crippen molar-refractivity contribution < 1.29 is 9.21 Å². The highest BCUT2D eigenvalue weighted by atomic mass is 16.3. The van der Waals surface area contributed by atoms with E-state index >= 15 is 0 Å². The molecule has 1 aromatic heterocycles. The fourth-order valence-electron chi connectivity index (χ4n) is 4.50. The summed E-state index contributed by atoms with van der Waals surface area (Å²) in [6, 6.07) is 21.1. The average molecular weight is 424 g/mol.